The Morgan fingerprint density at radius 1 is 1.39 bits per heavy atom. The van der Waals surface area contributed by atoms with E-state index in [1.54, 1.807) is 0 Å². The highest BCUT2D eigenvalue weighted by molar-refractivity contribution is 5.65. The molecular formula is C14H20N2O2. The van der Waals surface area contributed by atoms with Crippen molar-refractivity contribution < 1.29 is 9.90 Å². The zero-order valence-corrected chi connectivity index (χ0v) is 10.5. The van der Waals surface area contributed by atoms with Gasteiger partial charge in [0.2, 0.25) is 0 Å². The van der Waals surface area contributed by atoms with Crippen LogP contribution in [0.2, 0.25) is 0 Å². The first-order valence-corrected chi connectivity index (χ1v) is 6.51. The van der Waals surface area contributed by atoms with E-state index in [1.807, 2.05) is 18.2 Å². The molecule has 0 saturated carbocycles. The van der Waals surface area contributed by atoms with Crippen LogP contribution in [0, 0.1) is 0 Å². The predicted molar refractivity (Wildman–Crippen MR) is 70.8 cm³/mol. The molecule has 18 heavy (non-hydrogen) atoms. The Hall–Kier alpha value is -1.55. The Morgan fingerprint density at radius 2 is 2.17 bits per heavy atom. The summed E-state index contributed by atoms with van der Waals surface area (Å²) in [7, 11) is 0. The summed E-state index contributed by atoms with van der Waals surface area (Å²) in [6, 6.07) is 10.6. The van der Waals surface area contributed by atoms with Crippen molar-refractivity contribution in [2.45, 2.75) is 25.3 Å². The average molecular weight is 248 g/mol. The number of nitrogens with one attached hydrogen (secondary N) is 1. The third-order valence-corrected chi connectivity index (χ3v) is 3.38. The Balaban J connectivity index is 1.72. The highest BCUT2D eigenvalue weighted by atomic mass is 16.4. The molecule has 4 heteroatoms. The van der Waals surface area contributed by atoms with Gasteiger partial charge in [0.1, 0.15) is 0 Å². The minimum atomic E-state index is -0.801. The number of benzene rings is 1. The fraction of sp³-hybridized carbons (Fsp3) is 0.500. The second kappa shape index (κ2) is 6.40. The Labute approximate surface area is 108 Å². The molecule has 0 radical (unpaired) electrons. The highest BCUT2D eigenvalue weighted by Crippen LogP contribution is 2.10. The number of hydrogen-bond donors (Lipinski definition) is 2. The van der Waals surface area contributed by atoms with Crippen LogP contribution in [0.3, 0.4) is 0 Å². The number of nitrogens with zero attached hydrogens (tertiary/aromatic N) is 1. The van der Waals surface area contributed by atoms with Gasteiger partial charge in [-0.15, -0.1) is 0 Å². The molecular weight excluding hydrogens is 228 g/mol. The van der Waals surface area contributed by atoms with E-state index < -0.39 is 6.09 Å². The van der Waals surface area contributed by atoms with Crippen molar-refractivity contribution in [2.24, 2.45) is 0 Å². The molecule has 0 spiro atoms. The van der Waals surface area contributed by atoms with Crippen LogP contribution in [-0.2, 0) is 6.42 Å². The molecule has 0 aliphatic carbocycles. The zero-order chi connectivity index (χ0) is 12.8. The third-order valence-electron chi connectivity index (χ3n) is 3.38. The molecule has 0 bridgehead atoms. The average Bonchev–Trinajstić information content (AvgIpc) is 2.40. The molecule has 1 aliphatic heterocycles. The predicted octanol–water partition coefficient (Wildman–Crippen LogP) is 1.96. The topological polar surface area (TPSA) is 52.6 Å². The largest absolute Gasteiger partial charge is 0.465 e. The normalized spacial score (nSPS) is 19.8. The number of rotatable bonds is 4. The van der Waals surface area contributed by atoms with Gasteiger partial charge in [0.25, 0.3) is 0 Å². The molecule has 1 saturated heterocycles. The lowest BCUT2D eigenvalue weighted by atomic mass is 10.1. The van der Waals surface area contributed by atoms with Crippen molar-refractivity contribution >= 4 is 6.09 Å². The summed E-state index contributed by atoms with van der Waals surface area (Å²) < 4.78 is 0. The molecule has 1 aromatic carbocycles. The highest BCUT2D eigenvalue weighted by Gasteiger charge is 2.22. The summed E-state index contributed by atoms with van der Waals surface area (Å²) in [5, 5.41) is 12.4. The Bertz CT molecular complexity index is 381. The van der Waals surface area contributed by atoms with Gasteiger partial charge in [-0.25, -0.2) is 4.79 Å². The van der Waals surface area contributed by atoms with E-state index in [2.05, 4.69) is 17.4 Å². The summed E-state index contributed by atoms with van der Waals surface area (Å²) in [5.41, 5.74) is 1.32. The van der Waals surface area contributed by atoms with Crippen molar-refractivity contribution in [3.05, 3.63) is 35.9 Å². The lowest BCUT2D eigenvalue weighted by Crippen LogP contribution is -2.47. The molecule has 1 aliphatic rings. The molecule has 2 rings (SSSR count). The van der Waals surface area contributed by atoms with Gasteiger partial charge in [-0.2, -0.15) is 0 Å². The van der Waals surface area contributed by atoms with Crippen LogP contribution in [0.25, 0.3) is 0 Å². The second-order valence-corrected chi connectivity index (χ2v) is 4.76. The number of piperidine rings is 1. The SMILES string of the molecule is O=C(O)N1CCC[C@H](NCCc2ccccc2)C1. The molecule has 4 nitrogen and oxygen atoms in total. The lowest BCUT2D eigenvalue weighted by Gasteiger charge is -2.31. The van der Waals surface area contributed by atoms with E-state index in [1.165, 1.54) is 10.5 Å². The van der Waals surface area contributed by atoms with Crippen molar-refractivity contribution in [1.29, 1.82) is 0 Å². The van der Waals surface area contributed by atoms with Crippen LogP contribution in [-0.4, -0.2) is 41.8 Å². The number of hydrogen-bond acceptors (Lipinski definition) is 2. The summed E-state index contributed by atoms with van der Waals surface area (Å²) in [4.78, 5) is 12.4. The number of likely N-dealkylation sites (tertiary alicyclic amines) is 1. The molecule has 1 atom stereocenters. The fourth-order valence-corrected chi connectivity index (χ4v) is 2.38. The summed E-state index contributed by atoms with van der Waals surface area (Å²) >= 11 is 0. The summed E-state index contributed by atoms with van der Waals surface area (Å²) in [6.07, 6.45) is 2.21. The van der Waals surface area contributed by atoms with Gasteiger partial charge in [0, 0.05) is 19.1 Å². The Kier molecular flexibility index (Phi) is 4.59. The maximum atomic E-state index is 10.9. The smallest absolute Gasteiger partial charge is 0.407 e. The molecule has 0 aromatic heterocycles. The second-order valence-electron chi connectivity index (χ2n) is 4.76. The Morgan fingerprint density at radius 3 is 2.89 bits per heavy atom. The van der Waals surface area contributed by atoms with Crippen LogP contribution < -0.4 is 5.32 Å². The van der Waals surface area contributed by atoms with E-state index in [4.69, 9.17) is 5.11 Å². The van der Waals surface area contributed by atoms with Gasteiger partial charge >= 0.3 is 6.09 Å². The van der Waals surface area contributed by atoms with Crippen molar-refractivity contribution in [3.8, 4) is 0 Å². The van der Waals surface area contributed by atoms with E-state index in [9.17, 15) is 4.79 Å². The minimum Gasteiger partial charge on any atom is -0.465 e. The van der Waals surface area contributed by atoms with Gasteiger partial charge in [-0.1, -0.05) is 30.3 Å². The molecule has 0 unspecified atom stereocenters. The van der Waals surface area contributed by atoms with Crippen molar-refractivity contribution in [1.82, 2.24) is 10.2 Å². The van der Waals surface area contributed by atoms with E-state index in [0.717, 1.165) is 25.8 Å². The fourth-order valence-electron chi connectivity index (χ4n) is 2.38. The van der Waals surface area contributed by atoms with E-state index in [0.29, 0.717) is 19.1 Å². The number of carboxylic acid groups (broad SMARTS) is 1. The quantitative estimate of drug-likeness (QED) is 0.856. The molecule has 1 fully saturated rings. The first-order valence-electron chi connectivity index (χ1n) is 6.51. The maximum Gasteiger partial charge on any atom is 0.407 e. The monoisotopic (exact) mass is 248 g/mol. The molecule has 1 amide bonds. The maximum absolute atomic E-state index is 10.9. The standard InChI is InChI=1S/C14H20N2O2/c17-14(18)16-10-4-7-13(11-16)15-9-8-12-5-2-1-3-6-12/h1-3,5-6,13,15H,4,7-11H2,(H,17,18)/t13-/m0/s1. The van der Waals surface area contributed by atoms with Gasteiger partial charge in [0.15, 0.2) is 0 Å². The zero-order valence-electron chi connectivity index (χ0n) is 10.5. The first kappa shape index (κ1) is 12.9. The minimum absolute atomic E-state index is 0.304. The van der Waals surface area contributed by atoms with Crippen LogP contribution in [0.1, 0.15) is 18.4 Å². The molecule has 1 aromatic rings. The van der Waals surface area contributed by atoms with Crippen molar-refractivity contribution in [3.63, 3.8) is 0 Å². The third kappa shape index (κ3) is 3.74. The van der Waals surface area contributed by atoms with Gasteiger partial charge in [-0.3, -0.25) is 0 Å². The van der Waals surface area contributed by atoms with Gasteiger partial charge in [0.05, 0.1) is 0 Å². The van der Waals surface area contributed by atoms with Crippen LogP contribution in [0.5, 0.6) is 0 Å². The van der Waals surface area contributed by atoms with E-state index >= 15 is 0 Å². The molecule has 1 heterocycles. The van der Waals surface area contributed by atoms with E-state index in [-0.39, 0.29) is 0 Å². The van der Waals surface area contributed by atoms with Crippen LogP contribution >= 0.6 is 0 Å². The first-order chi connectivity index (χ1) is 8.75. The van der Waals surface area contributed by atoms with Crippen LogP contribution in [0.15, 0.2) is 30.3 Å². The van der Waals surface area contributed by atoms with Gasteiger partial charge in [-0.05, 0) is 31.4 Å². The number of carbonyl (C=O) groups is 1. The van der Waals surface area contributed by atoms with Crippen LogP contribution in [0.4, 0.5) is 4.79 Å². The lowest BCUT2D eigenvalue weighted by molar-refractivity contribution is 0.126. The van der Waals surface area contributed by atoms with Gasteiger partial charge < -0.3 is 15.3 Å². The van der Waals surface area contributed by atoms with Crippen molar-refractivity contribution in [2.75, 3.05) is 19.6 Å². The summed E-state index contributed by atoms with van der Waals surface area (Å²) in [5.74, 6) is 0. The molecule has 98 valence electrons. The number of amides is 1. The summed E-state index contributed by atoms with van der Waals surface area (Å²) in [6.45, 7) is 2.19. The molecule has 2 N–H and O–H groups in total.